The minimum atomic E-state index is -0.843. The molecule has 0 aromatic carbocycles. The number of ketones is 1. The summed E-state index contributed by atoms with van der Waals surface area (Å²) in [5.41, 5.74) is 0. The van der Waals surface area contributed by atoms with Crippen molar-refractivity contribution in [2.75, 3.05) is 21.3 Å². The van der Waals surface area contributed by atoms with Crippen molar-refractivity contribution in [1.82, 2.24) is 0 Å². The third kappa shape index (κ3) is 3.77. The number of carboxylic acid groups (broad SMARTS) is 1. The summed E-state index contributed by atoms with van der Waals surface area (Å²) in [6.07, 6.45) is 1.67. The smallest absolute Gasteiger partial charge is 0.309 e. The highest BCUT2D eigenvalue weighted by Gasteiger charge is 2.49. The molecule has 2 aliphatic rings. The van der Waals surface area contributed by atoms with E-state index in [9.17, 15) is 14.4 Å². The largest absolute Gasteiger partial charge is 0.481 e. The third-order valence-corrected chi connectivity index (χ3v) is 3.69. The average Bonchev–Trinajstić information content (AvgIpc) is 2.35. The molecule has 0 aromatic rings. The molecule has 0 saturated heterocycles. The van der Waals surface area contributed by atoms with Crippen LogP contribution in [-0.2, 0) is 28.6 Å². The highest BCUT2D eigenvalue weighted by atomic mass is 16.7. The fourth-order valence-electron chi connectivity index (χ4n) is 2.11. The van der Waals surface area contributed by atoms with E-state index in [1.54, 1.807) is 14.2 Å². The lowest BCUT2D eigenvalue weighted by molar-refractivity contribution is -0.270. The molecule has 1 N–H and O–H groups in total. The van der Waals surface area contributed by atoms with Crippen molar-refractivity contribution in [3.05, 3.63) is 0 Å². The maximum absolute atomic E-state index is 11.0. The Labute approximate surface area is 117 Å². The number of methoxy groups -OCH3 is 3. The molecule has 0 aliphatic heterocycles. The molecule has 0 bridgehead atoms. The average molecular weight is 288 g/mol. The lowest BCUT2D eigenvalue weighted by Crippen LogP contribution is -2.50. The number of carbonyl (C=O) groups excluding carboxylic acids is 2. The topological polar surface area (TPSA) is 99.1 Å². The molecule has 0 heterocycles. The van der Waals surface area contributed by atoms with Gasteiger partial charge in [0.15, 0.2) is 5.79 Å². The zero-order chi connectivity index (χ0) is 15.3. The molecule has 20 heavy (non-hydrogen) atoms. The summed E-state index contributed by atoms with van der Waals surface area (Å²) in [5.74, 6) is -1.93. The minimum absolute atomic E-state index is 0.0603. The Morgan fingerprint density at radius 1 is 1.10 bits per heavy atom. The zero-order valence-corrected chi connectivity index (χ0v) is 11.9. The first kappa shape index (κ1) is 16.6. The van der Waals surface area contributed by atoms with Gasteiger partial charge in [-0.2, -0.15) is 0 Å². The van der Waals surface area contributed by atoms with Gasteiger partial charge in [-0.05, 0) is 0 Å². The Morgan fingerprint density at radius 3 is 1.85 bits per heavy atom. The van der Waals surface area contributed by atoms with Gasteiger partial charge in [0.1, 0.15) is 5.78 Å². The summed E-state index contributed by atoms with van der Waals surface area (Å²) in [4.78, 5) is 31.1. The maximum atomic E-state index is 11.0. The van der Waals surface area contributed by atoms with Crippen LogP contribution in [0, 0.1) is 11.8 Å². The van der Waals surface area contributed by atoms with Crippen LogP contribution in [0.15, 0.2) is 0 Å². The molecule has 0 amide bonds. The molecule has 2 rings (SSSR count). The van der Waals surface area contributed by atoms with E-state index in [4.69, 9.17) is 14.6 Å². The van der Waals surface area contributed by atoms with Gasteiger partial charge in [-0.3, -0.25) is 14.4 Å². The molecule has 2 fully saturated rings. The van der Waals surface area contributed by atoms with Crippen LogP contribution >= 0.6 is 0 Å². The molecule has 0 radical (unpaired) electrons. The second-order valence-electron chi connectivity index (χ2n) is 4.93. The normalized spacial score (nSPS) is 21.1. The number of hydrogen-bond acceptors (Lipinski definition) is 6. The van der Waals surface area contributed by atoms with Gasteiger partial charge in [0.2, 0.25) is 0 Å². The zero-order valence-electron chi connectivity index (χ0n) is 11.9. The summed E-state index contributed by atoms with van der Waals surface area (Å²) in [7, 11) is 4.55. The Kier molecular flexibility index (Phi) is 5.64. The molecule has 2 saturated carbocycles. The lowest BCUT2D eigenvalue weighted by atomic mass is 9.79. The van der Waals surface area contributed by atoms with Crippen LogP contribution in [0.5, 0.6) is 0 Å². The van der Waals surface area contributed by atoms with Gasteiger partial charge < -0.3 is 19.3 Å². The predicted octanol–water partition coefficient (Wildman–Crippen LogP) is 0.609. The van der Waals surface area contributed by atoms with Crippen LogP contribution in [0.4, 0.5) is 0 Å². The quantitative estimate of drug-likeness (QED) is 0.597. The summed E-state index contributed by atoms with van der Waals surface area (Å²) in [6.45, 7) is 0. The molecule has 7 heteroatoms. The van der Waals surface area contributed by atoms with Crippen LogP contribution in [0.25, 0.3) is 0 Å². The SMILES string of the molecule is COC(=O)C1CC(OC)(OC)C1.O=C1CC(C(=O)O)C1. The Bertz CT molecular complexity index is 370. The van der Waals surface area contributed by atoms with E-state index in [1.165, 1.54) is 7.11 Å². The second-order valence-corrected chi connectivity index (χ2v) is 4.93. The molecular weight excluding hydrogens is 268 g/mol. The van der Waals surface area contributed by atoms with Gasteiger partial charge in [-0.15, -0.1) is 0 Å². The van der Waals surface area contributed by atoms with Crippen molar-refractivity contribution in [3.63, 3.8) is 0 Å². The van der Waals surface area contributed by atoms with E-state index < -0.39 is 11.8 Å². The van der Waals surface area contributed by atoms with Crippen molar-refractivity contribution in [2.24, 2.45) is 11.8 Å². The van der Waals surface area contributed by atoms with Gasteiger partial charge in [0, 0.05) is 39.9 Å². The van der Waals surface area contributed by atoms with E-state index in [0.717, 1.165) is 0 Å². The van der Waals surface area contributed by atoms with Crippen LogP contribution in [0.2, 0.25) is 0 Å². The number of carbonyl (C=O) groups is 3. The fraction of sp³-hybridized carbons (Fsp3) is 0.769. The first-order chi connectivity index (χ1) is 9.37. The van der Waals surface area contributed by atoms with Crippen LogP contribution in [-0.4, -0.2) is 49.9 Å². The van der Waals surface area contributed by atoms with Crippen LogP contribution < -0.4 is 0 Å². The van der Waals surface area contributed by atoms with E-state index in [2.05, 4.69) is 4.74 Å². The first-order valence-corrected chi connectivity index (χ1v) is 6.30. The van der Waals surface area contributed by atoms with Crippen molar-refractivity contribution < 1.29 is 33.7 Å². The summed E-state index contributed by atoms with van der Waals surface area (Å²) >= 11 is 0. The Hall–Kier alpha value is -1.47. The molecule has 0 unspecified atom stereocenters. The molecular formula is C13H20O7. The number of aliphatic carboxylic acids is 1. The van der Waals surface area contributed by atoms with E-state index >= 15 is 0 Å². The molecule has 0 aromatic heterocycles. The van der Waals surface area contributed by atoms with Crippen LogP contribution in [0.3, 0.4) is 0 Å². The van der Waals surface area contributed by atoms with Gasteiger partial charge in [0.05, 0.1) is 18.9 Å². The number of Topliss-reactive ketones (excluding diaryl/α,β-unsaturated/α-hetero) is 1. The van der Waals surface area contributed by atoms with E-state index in [0.29, 0.717) is 12.8 Å². The van der Waals surface area contributed by atoms with Gasteiger partial charge >= 0.3 is 11.9 Å². The summed E-state index contributed by atoms with van der Waals surface area (Å²) in [5, 5.41) is 8.20. The standard InChI is InChI=1S/C8H14O4.C5H6O3/c1-10-7(9)6-4-8(5-6,11-2)12-3;6-4-1-3(2-4)5(7)8/h6H,4-5H2,1-3H3;3H,1-2H2,(H,7,8). The van der Waals surface area contributed by atoms with Crippen molar-refractivity contribution in [2.45, 2.75) is 31.5 Å². The predicted molar refractivity (Wildman–Crippen MR) is 66.9 cm³/mol. The van der Waals surface area contributed by atoms with Gasteiger partial charge in [0.25, 0.3) is 0 Å². The summed E-state index contributed by atoms with van der Waals surface area (Å²) < 4.78 is 14.8. The molecule has 0 spiro atoms. The maximum Gasteiger partial charge on any atom is 0.309 e. The number of hydrogen-bond donors (Lipinski definition) is 1. The molecule has 114 valence electrons. The third-order valence-electron chi connectivity index (χ3n) is 3.69. The van der Waals surface area contributed by atoms with Crippen molar-refractivity contribution >= 4 is 17.7 Å². The Balaban J connectivity index is 0.000000217. The fourth-order valence-corrected chi connectivity index (χ4v) is 2.11. The van der Waals surface area contributed by atoms with E-state index in [-0.39, 0.29) is 36.4 Å². The number of carboxylic acids is 1. The number of rotatable bonds is 4. The lowest BCUT2D eigenvalue weighted by Gasteiger charge is -2.43. The minimum Gasteiger partial charge on any atom is -0.481 e. The van der Waals surface area contributed by atoms with Gasteiger partial charge in [-0.1, -0.05) is 0 Å². The second kappa shape index (κ2) is 6.81. The van der Waals surface area contributed by atoms with Crippen molar-refractivity contribution in [1.29, 1.82) is 0 Å². The highest BCUT2D eigenvalue weighted by molar-refractivity contribution is 5.93. The molecule has 2 aliphatic carbocycles. The monoisotopic (exact) mass is 288 g/mol. The highest BCUT2D eigenvalue weighted by Crippen LogP contribution is 2.41. The summed E-state index contributed by atoms with van der Waals surface area (Å²) in [6, 6.07) is 0. The number of esters is 1. The number of ether oxygens (including phenoxy) is 3. The first-order valence-electron chi connectivity index (χ1n) is 6.30. The molecule has 0 atom stereocenters. The van der Waals surface area contributed by atoms with E-state index in [1.807, 2.05) is 0 Å². The molecule has 7 nitrogen and oxygen atoms in total. The van der Waals surface area contributed by atoms with Crippen LogP contribution in [0.1, 0.15) is 25.7 Å². The van der Waals surface area contributed by atoms with Gasteiger partial charge in [-0.25, -0.2) is 0 Å². The Morgan fingerprint density at radius 2 is 1.60 bits per heavy atom. The van der Waals surface area contributed by atoms with Crippen molar-refractivity contribution in [3.8, 4) is 0 Å².